The maximum absolute atomic E-state index is 13.0. The first-order chi connectivity index (χ1) is 8.84. The van der Waals surface area contributed by atoms with E-state index in [1.807, 2.05) is 48.8 Å². The first-order valence-electron chi connectivity index (χ1n) is 5.86. The first-order valence-corrected chi connectivity index (χ1v) is 5.86. The van der Waals surface area contributed by atoms with Crippen LogP contribution in [0.5, 0.6) is 0 Å². The highest BCUT2D eigenvalue weighted by Gasteiger charge is 2.18. The predicted molar refractivity (Wildman–Crippen MR) is 68.9 cm³/mol. The molecule has 0 aliphatic carbocycles. The molecule has 2 N–H and O–H groups in total. The number of halogens is 1. The minimum Gasteiger partial charge on any atom is -0.364 e. The third-order valence-electron chi connectivity index (χ3n) is 3.07. The van der Waals surface area contributed by atoms with Gasteiger partial charge in [0.1, 0.15) is 5.82 Å². The normalized spacial score (nSPS) is 11.0. The Kier molecular flexibility index (Phi) is 2.73. The SMILES string of the molecule is Fc1ccc(C(c2ccc[nH]2)c2ccc[nH]2)cc1. The van der Waals surface area contributed by atoms with Crippen LogP contribution in [0.25, 0.3) is 0 Å². The fourth-order valence-electron chi connectivity index (χ4n) is 2.23. The molecule has 0 amide bonds. The number of aromatic amines is 2. The van der Waals surface area contributed by atoms with Crippen LogP contribution in [0.3, 0.4) is 0 Å². The van der Waals surface area contributed by atoms with Crippen molar-refractivity contribution in [2.75, 3.05) is 0 Å². The predicted octanol–water partition coefficient (Wildman–Crippen LogP) is 3.66. The van der Waals surface area contributed by atoms with Crippen LogP contribution in [0.15, 0.2) is 60.9 Å². The van der Waals surface area contributed by atoms with Crippen molar-refractivity contribution in [3.8, 4) is 0 Å². The number of H-pyrrole nitrogens is 2. The fourth-order valence-corrected chi connectivity index (χ4v) is 2.23. The second kappa shape index (κ2) is 4.53. The molecule has 0 saturated heterocycles. The Labute approximate surface area is 104 Å². The van der Waals surface area contributed by atoms with E-state index in [-0.39, 0.29) is 11.7 Å². The average molecular weight is 240 g/mol. The van der Waals surface area contributed by atoms with Gasteiger partial charge in [-0.25, -0.2) is 4.39 Å². The first kappa shape index (κ1) is 10.8. The Morgan fingerprint density at radius 1 is 0.778 bits per heavy atom. The van der Waals surface area contributed by atoms with E-state index >= 15 is 0 Å². The van der Waals surface area contributed by atoms with Crippen LogP contribution in [0.4, 0.5) is 4.39 Å². The molecule has 0 spiro atoms. The lowest BCUT2D eigenvalue weighted by molar-refractivity contribution is 0.626. The highest BCUT2D eigenvalue weighted by Crippen LogP contribution is 2.29. The van der Waals surface area contributed by atoms with Gasteiger partial charge in [0.15, 0.2) is 0 Å². The molecule has 0 atom stereocenters. The Bertz CT molecular complexity index is 560. The second-order valence-electron chi connectivity index (χ2n) is 4.24. The van der Waals surface area contributed by atoms with Crippen molar-refractivity contribution in [1.29, 1.82) is 0 Å². The van der Waals surface area contributed by atoms with Gasteiger partial charge in [0.25, 0.3) is 0 Å². The quantitative estimate of drug-likeness (QED) is 0.700. The molecule has 90 valence electrons. The highest BCUT2D eigenvalue weighted by molar-refractivity contribution is 5.37. The van der Waals surface area contributed by atoms with Gasteiger partial charge < -0.3 is 9.97 Å². The third-order valence-corrected chi connectivity index (χ3v) is 3.07. The molecule has 0 fully saturated rings. The average Bonchev–Trinajstić information content (AvgIpc) is 3.06. The zero-order chi connectivity index (χ0) is 12.4. The molecule has 0 aliphatic heterocycles. The lowest BCUT2D eigenvalue weighted by Crippen LogP contribution is -2.04. The molecule has 0 aliphatic rings. The van der Waals surface area contributed by atoms with Crippen LogP contribution in [-0.4, -0.2) is 9.97 Å². The molecule has 0 bridgehead atoms. The molecule has 2 heterocycles. The van der Waals surface area contributed by atoms with Crippen molar-refractivity contribution in [3.63, 3.8) is 0 Å². The number of benzene rings is 1. The number of nitrogens with one attached hydrogen (secondary N) is 2. The summed E-state index contributed by atoms with van der Waals surface area (Å²) < 4.78 is 13.0. The van der Waals surface area contributed by atoms with Crippen molar-refractivity contribution < 1.29 is 4.39 Å². The summed E-state index contributed by atoms with van der Waals surface area (Å²) in [6.07, 6.45) is 3.80. The summed E-state index contributed by atoms with van der Waals surface area (Å²) in [5.74, 6) is -0.133. The van der Waals surface area contributed by atoms with Gasteiger partial charge in [-0.05, 0) is 42.0 Å². The smallest absolute Gasteiger partial charge is 0.123 e. The molecular formula is C15H13FN2. The van der Waals surface area contributed by atoms with E-state index in [9.17, 15) is 4.39 Å². The third kappa shape index (κ3) is 1.95. The lowest BCUT2D eigenvalue weighted by Gasteiger charge is -2.15. The molecule has 2 aromatic heterocycles. The molecular weight excluding hydrogens is 227 g/mol. The van der Waals surface area contributed by atoms with E-state index in [1.165, 1.54) is 12.1 Å². The monoisotopic (exact) mass is 240 g/mol. The molecule has 18 heavy (non-hydrogen) atoms. The summed E-state index contributed by atoms with van der Waals surface area (Å²) in [5.41, 5.74) is 3.23. The zero-order valence-electron chi connectivity index (χ0n) is 9.73. The number of hydrogen-bond donors (Lipinski definition) is 2. The number of rotatable bonds is 3. The molecule has 0 saturated carbocycles. The standard InChI is InChI=1S/C15H13FN2/c16-12-7-5-11(6-8-12)15(13-3-1-9-17-13)14-4-2-10-18-14/h1-10,15,17-18H. The van der Waals surface area contributed by atoms with E-state index in [0.717, 1.165) is 17.0 Å². The largest absolute Gasteiger partial charge is 0.364 e. The lowest BCUT2D eigenvalue weighted by atomic mass is 9.93. The number of aromatic nitrogens is 2. The second-order valence-corrected chi connectivity index (χ2v) is 4.24. The van der Waals surface area contributed by atoms with Gasteiger partial charge in [0.2, 0.25) is 0 Å². The van der Waals surface area contributed by atoms with Gasteiger partial charge in [-0.1, -0.05) is 12.1 Å². The van der Waals surface area contributed by atoms with E-state index in [0.29, 0.717) is 0 Å². The van der Waals surface area contributed by atoms with E-state index in [2.05, 4.69) is 9.97 Å². The fraction of sp³-hybridized carbons (Fsp3) is 0.0667. The Morgan fingerprint density at radius 3 is 1.78 bits per heavy atom. The Hall–Kier alpha value is -2.29. The summed E-state index contributed by atoms with van der Waals surface area (Å²) in [5, 5.41) is 0. The van der Waals surface area contributed by atoms with Gasteiger partial charge in [-0.2, -0.15) is 0 Å². The van der Waals surface area contributed by atoms with Crippen LogP contribution in [-0.2, 0) is 0 Å². The van der Waals surface area contributed by atoms with Gasteiger partial charge >= 0.3 is 0 Å². The topological polar surface area (TPSA) is 31.6 Å². The van der Waals surface area contributed by atoms with Crippen molar-refractivity contribution >= 4 is 0 Å². The molecule has 2 nitrogen and oxygen atoms in total. The zero-order valence-corrected chi connectivity index (χ0v) is 9.73. The minimum atomic E-state index is -0.213. The summed E-state index contributed by atoms with van der Waals surface area (Å²) >= 11 is 0. The maximum Gasteiger partial charge on any atom is 0.123 e. The molecule has 0 unspecified atom stereocenters. The molecule has 0 radical (unpaired) electrons. The van der Waals surface area contributed by atoms with E-state index < -0.39 is 0 Å². The Morgan fingerprint density at radius 2 is 1.33 bits per heavy atom. The summed E-state index contributed by atoms with van der Waals surface area (Å²) in [7, 11) is 0. The summed E-state index contributed by atoms with van der Waals surface area (Å²) in [6, 6.07) is 14.6. The molecule has 1 aromatic carbocycles. The van der Waals surface area contributed by atoms with Gasteiger partial charge in [0.05, 0.1) is 5.92 Å². The highest BCUT2D eigenvalue weighted by atomic mass is 19.1. The van der Waals surface area contributed by atoms with Gasteiger partial charge in [-0.3, -0.25) is 0 Å². The van der Waals surface area contributed by atoms with Crippen molar-refractivity contribution in [2.45, 2.75) is 5.92 Å². The molecule has 3 rings (SSSR count). The molecule has 3 heteroatoms. The maximum atomic E-state index is 13.0. The molecule has 3 aromatic rings. The minimum absolute atomic E-state index is 0.0793. The summed E-state index contributed by atoms with van der Waals surface area (Å²) in [6.45, 7) is 0. The van der Waals surface area contributed by atoms with Crippen LogP contribution in [0, 0.1) is 5.82 Å². The van der Waals surface area contributed by atoms with E-state index in [1.54, 1.807) is 0 Å². The van der Waals surface area contributed by atoms with Crippen LogP contribution >= 0.6 is 0 Å². The number of hydrogen-bond acceptors (Lipinski definition) is 0. The summed E-state index contributed by atoms with van der Waals surface area (Å²) in [4.78, 5) is 6.45. The van der Waals surface area contributed by atoms with Crippen molar-refractivity contribution in [1.82, 2.24) is 9.97 Å². The Balaban J connectivity index is 2.08. The van der Waals surface area contributed by atoms with Crippen LogP contribution < -0.4 is 0 Å². The van der Waals surface area contributed by atoms with Crippen LogP contribution in [0.2, 0.25) is 0 Å². The van der Waals surface area contributed by atoms with Crippen LogP contribution in [0.1, 0.15) is 22.9 Å². The van der Waals surface area contributed by atoms with E-state index in [4.69, 9.17) is 0 Å². The van der Waals surface area contributed by atoms with Gasteiger partial charge in [-0.15, -0.1) is 0 Å². The van der Waals surface area contributed by atoms with Gasteiger partial charge in [0, 0.05) is 23.8 Å². The van der Waals surface area contributed by atoms with Crippen molar-refractivity contribution in [2.24, 2.45) is 0 Å². The van der Waals surface area contributed by atoms with Crippen molar-refractivity contribution in [3.05, 3.63) is 83.7 Å².